The summed E-state index contributed by atoms with van der Waals surface area (Å²) in [4.78, 5) is 22.5. The highest BCUT2D eigenvalue weighted by atomic mass is 16.1. The predicted octanol–water partition coefficient (Wildman–Crippen LogP) is 0.969. The molecule has 0 saturated carbocycles. The van der Waals surface area contributed by atoms with E-state index in [0.29, 0.717) is 12.2 Å². The van der Waals surface area contributed by atoms with Crippen LogP contribution in [0.25, 0.3) is 0 Å². The summed E-state index contributed by atoms with van der Waals surface area (Å²) in [6.45, 7) is 5.94. The minimum Gasteiger partial charge on any atom is -0.373 e. The number of aromatic nitrogens is 4. The number of hydrogen-bond acceptors (Lipinski definition) is 6. The summed E-state index contributed by atoms with van der Waals surface area (Å²) < 4.78 is 1.38. The Bertz CT molecular complexity index is 637. The van der Waals surface area contributed by atoms with Gasteiger partial charge in [0, 0.05) is 26.2 Å². The third-order valence-electron chi connectivity index (χ3n) is 3.15. The van der Waals surface area contributed by atoms with Gasteiger partial charge in [-0.15, -0.1) is 0 Å². The first-order valence-electron chi connectivity index (χ1n) is 6.97. The van der Waals surface area contributed by atoms with Crippen LogP contribution in [-0.4, -0.2) is 39.9 Å². The zero-order chi connectivity index (χ0) is 15.2. The summed E-state index contributed by atoms with van der Waals surface area (Å²) in [6.07, 6.45) is 4.99. The average molecular weight is 288 g/mol. The van der Waals surface area contributed by atoms with E-state index < -0.39 is 0 Å². The van der Waals surface area contributed by atoms with E-state index in [1.165, 1.54) is 4.68 Å². The van der Waals surface area contributed by atoms with Crippen LogP contribution in [0.1, 0.15) is 19.5 Å². The average Bonchev–Trinajstić information content (AvgIpc) is 2.50. The minimum absolute atomic E-state index is 0.148. The summed E-state index contributed by atoms with van der Waals surface area (Å²) in [5, 5.41) is 7.25. The molecule has 0 fully saturated rings. The molecule has 0 aliphatic heterocycles. The van der Waals surface area contributed by atoms with Crippen LogP contribution in [0.3, 0.4) is 0 Å². The number of anilines is 2. The standard InChI is InChI=1S/C14H20N6O/c1-4-15-13-9-16-11(7-17-13)10-20-14(21)6-12(8-18-20)19(3)5-2/h6-9H,4-5,10H2,1-3H3,(H,15,17). The Kier molecular flexibility index (Phi) is 4.86. The summed E-state index contributed by atoms with van der Waals surface area (Å²) in [6, 6.07) is 1.58. The van der Waals surface area contributed by atoms with Crippen LogP contribution in [-0.2, 0) is 6.54 Å². The van der Waals surface area contributed by atoms with Crippen LogP contribution in [0, 0.1) is 0 Å². The van der Waals surface area contributed by atoms with Gasteiger partial charge in [-0.1, -0.05) is 0 Å². The smallest absolute Gasteiger partial charge is 0.269 e. The Morgan fingerprint density at radius 3 is 2.62 bits per heavy atom. The van der Waals surface area contributed by atoms with Gasteiger partial charge in [0.15, 0.2) is 0 Å². The lowest BCUT2D eigenvalue weighted by Crippen LogP contribution is -2.26. The molecule has 0 aliphatic carbocycles. The molecule has 0 unspecified atom stereocenters. The lowest BCUT2D eigenvalue weighted by atomic mass is 10.4. The maximum absolute atomic E-state index is 12.0. The molecule has 2 rings (SSSR count). The van der Waals surface area contributed by atoms with Gasteiger partial charge in [-0.25, -0.2) is 9.67 Å². The molecular formula is C14H20N6O. The monoisotopic (exact) mass is 288 g/mol. The highest BCUT2D eigenvalue weighted by molar-refractivity contribution is 5.41. The Morgan fingerprint density at radius 1 is 1.24 bits per heavy atom. The van der Waals surface area contributed by atoms with E-state index >= 15 is 0 Å². The summed E-state index contributed by atoms with van der Waals surface area (Å²) in [5.74, 6) is 0.724. The normalized spacial score (nSPS) is 10.4. The van der Waals surface area contributed by atoms with Gasteiger partial charge < -0.3 is 10.2 Å². The fourth-order valence-electron chi connectivity index (χ4n) is 1.80. The van der Waals surface area contributed by atoms with Crippen LogP contribution in [0.4, 0.5) is 11.5 Å². The van der Waals surface area contributed by atoms with Gasteiger partial charge in [0.2, 0.25) is 0 Å². The molecule has 0 aromatic carbocycles. The highest BCUT2D eigenvalue weighted by Crippen LogP contribution is 2.06. The van der Waals surface area contributed by atoms with Gasteiger partial charge in [-0.2, -0.15) is 5.10 Å². The van der Waals surface area contributed by atoms with E-state index in [4.69, 9.17) is 0 Å². The lowest BCUT2D eigenvalue weighted by molar-refractivity contribution is 0.624. The van der Waals surface area contributed by atoms with Gasteiger partial charge in [0.05, 0.1) is 36.5 Å². The topological polar surface area (TPSA) is 75.9 Å². The van der Waals surface area contributed by atoms with Crippen molar-refractivity contribution in [3.63, 3.8) is 0 Å². The largest absolute Gasteiger partial charge is 0.373 e. The molecule has 0 aliphatic rings. The Balaban J connectivity index is 2.14. The second-order valence-corrected chi connectivity index (χ2v) is 4.65. The molecule has 0 saturated heterocycles. The number of nitrogens with zero attached hydrogens (tertiary/aromatic N) is 5. The zero-order valence-electron chi connectivity index (χ0n) is 12.6. The minimum atomic E-state index is -0.148. The van der Waals surface area contributed by atoms with Crippen molar-refractivity contribution in [2.24, 2.45) is 0 Å². The lowest BCUT2D eigenvalue weighted by Gasteiger charge is -2.16. The maximum Gasteiger partial charge on any atom is 0.269 e. The van der Waals surface area contributed by atoms with Crippen molar-refractivity contribution in [3.05, 3.63) is 40.7 Å². The molecule has 2 heterocycles. The first-order chi connectivity index (χ1) is 10.1. The van der Waals surface area contributed by atoms with Crippen molar-refractivity contribution in [3.8, 4) is 0 Å². The molecule has 2 aromatic rings. The number of nitrogens with one attached hydrogen (secondary N) is 1. The molecule has 1 N–H and O–H groups in total. The molecule has 0 atom stereocenters. The van der Waals surface area contributed by atoms with Crippen molar-refractivity contribution in [1.29, 1.82) is 0 Å². The van der Waals surface area contributed by atoms with Crippen LogP contribution >= 0.6 is 0 Å². The summed E-state index contributed by atoms with van der Waals surface area (Å²) in [5.41, 5.74) is 1.36. The van der Waals surface area contributed by atoms with Crippen LogP contribution < -0.4 is 15.8 Å². The van der Waals surface area contributed by atoms with Gasteiger partial charge in [-0.05, 0) is 13.8 Å². The molecular weight excluding hydrogens is 268 g/mol. The summed E-state index contributed by atoms with van der Waals surface area (Å²) >= 11 is 0. The number of rotatable bonds is 6. The van der Waals surface area contributed by atoms with Gasteiger partial charge in [0.1, 0.15) is 5.82 Å². The third-order valence-corrected chi connectivity index (χ3v) is 3.15. The molecule has 0 spiro atoms. The van der Waals surface area contributed by atoms with Crippen molar-refractivity contribution >= 4 is 11.5 Å². The first kappa shape index (κ1) is 15.0. The highest BCUT2D eigenvalue weighted by Gasteiger charge is 2.05. The SMILES string of the molecule is CCNc1cnc(Cn2ncc(N(C)CC)cc2=O)cn1. The molecule has 0 radical (unpaired) electrons. The Labute approximate surface area is 123 Å². The van der Waals surface area contributed by atoms with Crippen LogP contribution in [0.15, 0.2) is 29.5 Å². The van der Waals surface area contributed by atoms with E-state index in [2.05, 4.69) is 20.4 Å². The molecule has 2 aromatic heterocycles. The predicted molar refractivity (Wildman–Crippen MR) is 82.7 cm³/mol. The fourth-order valence-corrected chi connectivity index (χ4v) is 1.80. The quantitative estimate of drug-likeness (QED) is 0.853. The van der Waals surface area contributed by atoms with E-state index in [-0.39, 0.29) is 5.56 Å². The molecule has 7 nitrogen and oxygen atoms in total. The van der Waals surface area contributed by atoms with E-state index in [0.717, 1.165) is 24.6 Å². The molecule has 112 valence electrons. The van der Waals surface area contributed by atoms with Crippen LogP contribution in [0.5, 0.6) is 0 Å². The van der Waals surface area contributed by atoms with Gasteiger partial charge in [-0.3, -0.25) is 9.78 Å². The fraction of sp³-hybridized carbons (Fsp3) is 0.429. The van der Waals surface area contributed by atoms with Gasteiger partial charge >= 0.3 is 0 Å². The zero-order valence-corrected chi connectivity index (χ0v) is 12.6. The van der Waals surface area contributed by atoms with Gasteiger partial charge in [0.25, 0.3) is 5.56 Å². The first-order valence-corrected chi connectivity index (χ1v) is 6.97. The third kappa shape index (κ3) is 3.77. The molecule has 7 heteroatoms. The molecule has 0 bridgehead atoms. The van der Waals surface area contributed by atoms with E-state index in [1.807, 2.05) is 25.8 Å². The molecule has 0 amide bonds. The Hall–Kier alpha value is -2.44. The van der Waals surface area contributed by atoms with Crippen molar-refractivity contribution < 1.29 is 0 Å². The van der Waals surface area contributed by atoms with Crippen molar-refractivity contribution in [2.75, 3.05) is 30.4 Å². The molecule has 21 heavy (non-hydrogen) atoms. The second-order valence-electron chi connectivity index (χ2n) is 4.65. The second kappa shape index (κ2) is 6.83. The van der Waals surface area contributed by atoms with E-state index in [9.17, 15) is 4.79 Å². The van der Waals surface area contributed by atoms with Crippen LogP contribution in [0.2, 0.25) is 0 Å². The maximum atomic E-state index is 12.0. The van der Waals surface area contributed by atoms with Crippen molar-refractivity contribution in [2.45, 2.75) is 20.4 Å². The Morgan fingerprint density at radius 2 is 2.05 bits per heavy atom. The summed E-state index contributed by atoms with van der Waals surface area (Å²) in [7, 11) is 1.92. The van der Waals surface area contributed by atoms with Crippen molar-refractivity contribution in [1.82, 2.24) is 19.7 Å². The number of hydrogen-bond donors (Lipinski definition) is 1. The van der Waals surface area contributed by atoms with E-state index in [1.54, 1.807) is 24.7 Å².